The second-order valence-corrected chi connectivity index (χ2v) is 6.94. The van der Waals surface area contributed by atoms with Crippen molar-refractivity contribution in [1.29, 1.82) is 0 Å². The number of aromatic nitrogens is 1. The van der Waals surface area contributed by atoms with Gasteiger partial charge in [-0.1, -0.05) is 28.1 Å². The maximum absolute atomic E-state index is 4.38. The molecule has 3 rings (SSSR count). The Morgan fingerprint density at radius 1 is 1.14 bits per heavy atom. The zero-order valence-corrected chi connectivity index (χ0v) is 15.2. The summed E-state index contributed by atoms with van der Waals surface area (Å²) in [6.07, 6.45) is 1.83. The Balaban J connectivity index is 2.11. The topological polar surface area (TPSA) is 24.9 Å². The van der Waals surface area contributed by atoms with Gasteiger partial charge in [-0.15, -0.1) is 0 Å². The minimum Gasteiger partial charge on any atom is -0.309 e. The van der Waals surface area contributed by atoms with Gasteiger partial charge in [0.1, 0.15) is 0 Å². The summed E-state index contributed by atoms with van der Waals surface area (Å²) in [6, 6.07) is 17.1. The van der Waals surface area contributed by atoms with Gasteiger partial charge in [0, 0.05) is 19.6 Å². The van der Waals surface area contributed by atoms with Gasteiger partial charge in [0.2, 0.25) is 0 Å². The first kappa shape index (κ1) is 14.9. The average molecular weight is 453 g/mol. The van der Waals surface area contributed by atoms with Gasteiger partial charge in [0.05, 0.1) is 11.6 Å². The lowest BCUT2D eigenvalue weighted by molar-refractivity contribution is 0.689. The first-order valence-electron chi connectivity index (χ1n) is 6.66. The van der Waals surface area contributed by atoms with E-state index in [0.29, 0.717) is 0 Å². The van der Waals surface area contributed by atoms with Crippen LogP contribution in [0.25, 0.3) is 10.9 Å². The minimum atomic E-state index is 0.152. The van der Waals surface area contributed by atoms with Crippen LogP contribution >= 0.6 is 38.5 Å². The van der Waals surface area contributed by atoms with Gasteiger partial charge < -0.3 is 5.32 Å². The summed E-state index contributed by atoms with van der Waals surface area (Å²) in [5.74, 6) is 0. The Labute approximate surface area is 146 Å². The van der Waals surface area contributed by atoms with Crippen molar-refractivity contribution in [2.24, 2.45) is 0 Å². The second kappa shape index (κ2) is 6.42. The highest BCUT2D eigenvalue weighted by atomic mass is 127. The number of benzene rings is 2. The number of nitrogens with one attached hydrogen (secondary N) is 1. The molecule has 1 atom stereocenters. The molecule has 3 aromatic rings. The number of hydrogen-bond donors (Lipinski definition) is 1. The lowest BCUT2D eigenvalue weighted by Crippen LogP contribution is -2.18. The third-order valence-corrected chi connectivity index (χ3v) is 4.91. The largest absolute Gasteiger partial charge is 0.309 e. The van der Waals surface area contributed by atoms with Gasteiger partial charge >= 0.3 is 0 Å². The molecule has 0 amide bonds. The van der Waals surface area contributed by atoms with Crippen molar-refractivity contribution < 1.29 is 0 Å². The van der Waals surface area contributed by atoms with Crippen LogP contribution < -0.4 is 5.32 Å². The molecule has 1 aromatic heterocycles. The lowest BCUT2D eigenvalue weighted by atomic mass is 9.97. The second-order valence-electron chi connectivity index (χ2n) is 4.84. The van der Waals surface area contributed by atoms with Crippen LogP contribution in [0.3, 0.4) is 0 Å². The fourth-order valence-electron chi connectivity index (χ4n) is 2.51. The van der Waals surface area contributed by atoms with E-state index in [4.69, 9.17) is 0 Å². The number of rotatable bonds is 3. The Morgan fingerprint density at radius 3 is 2.81 bits per heavy atom. The summed E-state index contributed by atoms with van der Waals surface area (Å²) in [7, 11) is 1.99. The average Bonchev–Trinajstić information content (AvgIpc) is 2.51. The van der Waals surface area contributed by atoms with Gasteiger partial charge in [0.15, 0.2) is 0 Å². The molecule has 0 spiro atoms. The molecule has 0 aliphatic carbocycles. The molecule has 2 nitrogen and oxygen atoms in total. The highest BCUT2D eigenvalue weighted by Crippen LogP contribution is 2.31. The first-order valence-corrected chi connectivity index (χ1v) is 8.53. The molecule has 21 heavy (non-hydrogen) atoms. The number of fused-ring (bicyclic) bond motifs is 1. The Kier molecular flexibility index (Phi) is 4.57. The number of pyridine rings is 1. The summed E-state index contributed by atoms with van der Waals surface area (Å²) in [5, 5.41) is 4.58. The third kappa shape index (κ3) is 3.12. The molecule has 1 unspecified atom stereocenters. The summed E-state index contributed by atoms with van der Waals surface area (Å²) >= 11 is 6.01. The minimum absolute atomic E-state index is 0.152. The van der Waals surface area contributed by atoms with Gasteiger partial charge in [0.25, 0.3) is 0 Å². The molecule has 1 heterocycles. The van der Waals surface area contributed by atoms with Crippen molar-refractivity contribution in [3.8, 4) is 0 Å². The Hall–Kier alpha value is -0.980. The molecular weight excluding hydrogens is 439 g/mol. The molecule has 0 aliphatic rings. The molecule has 0 saturated carbocycles. The monoisotopic (exact) mass is 452 g/mol. The quantitative estimate of drug-likeness (QED) is 0.571. The van der Waals surface area contributed by atoms with E-state index < -0.39 is 0 Å². The lowest BCUT2D eigenvalue weighted by Gasteiger charge is -2.19. The molecule has 0 aliphatic heterocycles. The van der Waals surface area contributed by atoms with E-state index in [-0.39, 0.29) is 6.04 Å². The van der Waals surface area contributed by atoms with E-state index in [2.05, 4.69) is 91.3 Å². The first-order chi connectivity index (χ1) is 10.2. The van der Waals surface area contributed by atoms with Crippen LogP contribution in [0.4, 0.5) is 0 Å². The molecule has 0 radical (unpaired) electrons. The molecule has 0 fully saturated rings. The van der Waals surface area contributed by atoms with Crippen LogP contribution in [0.2, 0.25) is 0 Å². The Bertz CT molecular complexity index is 789. The molecule has 4 heteroatoms. The molecule has 0 saturated heterocycles. The molecule has 2 aromatic carbocycles. The van der Waals surface area contributed by atoms with Crippen molar-refractivity contribution >= 4 is 49.4 Å². The fourth-order valence-corrected chi connectivity index (χ4v) is 3.50. The van der Waals surface area contributed by atoms with Gasteiger partial charge in [-0.25, -0.2) is 0 Å². The zero-order chi connectivity index (χ0) is 14.8. The normalized spacial score (nSPS) is 12.5. The van der Waals surface area contributed by atoms with Crippen molar-refractivity contribution in [2.45, 2.75) is 6.04 Å². The van der Waals surface area contributed by atoms with Crippen LogP contribution in [-0.2, 0) is 0 Å². The summed E-state index contributed by atoms with van der Waals surface area (Å²) in [6.45, 7) is 0. The van der Waals surface area contributed by atoms with Gasteiger partial charge in [-0.3, -0.25) is 4.98 Å². The van der Waals surface area contributed by atoms with Crippen molar-refractivity contribution in [1.82, 2.24) is 10.3 Å². The fraction of sp³-hybridized carbons (Fsp3) is 0.118. The number of hydrogen-bond acceptors (Lipinski definition) is 2. The number of nitrogens with zero attached hydrogens (tertiary/aromatic N) is 1. The maximum atomic E-state index is 4.38. The highest BCUT2D eigenvalue weighted by Gasteiger charge is 2.15. The summed E-state index contributed by atoms with van der Waals surface area (Å²) in [4.78, 5) is 4.38. The predicted octanol–water partition coefficient (Wildman–Crippen LogP) is 4.91. The van der Waals surface area contributed by atoms with Crippen LogP contribution in [0.15, 0.2) is 59.2 Å². The smallest absolute Gasteiger partial charge is 0.0702 e. The molecule has 106 valence electrons. The SMILES string of the molecule is CNC(c1ccc2ncccc2c1)c1cc(I)ccc1Br. The van der Waals surface area contributed by atoms with E-state index in [9.17, 15) is 0 Å². The van der Waals surface area contributed by atoms with Crippen LogP contribution in [0.5, 0.6) is 0 Å². The van der Waals surface area contributed by atoms with Crippen LogP contribution in [0, 0.1) is 3.57 Å². The zero-order valence-electron chi connectivity index (χ0n) is 11.5. The Morgan fingerprint density at radius 2 is 2.00 bits per heavy atom. The van der Waals surface area contributed by atoms with Crippen molar-refractivity contribution in [3.63, 3.8) is 0 Å². The molecule has 0 bridgehead atoms. The maximum Gasteiger partial charge on any atom is 0.0702 e. The van der Waals surface area contributed by atoms with E-state index in [1.165, 1.54) is 14.7 Å². The number of halogens is 2. The standard InChI is InChI=1S/C17H14BrIN2/c1-20-17(14-10-13(19)5-6-15(14)18)12-4-7-16-11(9-12)3-2-8-21-16/h2-10,17,20H,1H3. The van der Waals surface area contributed by atoms with Crippen molar-refractivity contribution in [2.75, 3.05) is 7.05 Å². The predicted molar refractivity (Wildman–Crippen MR) is 99.5 cm³/mol. The molecule has 1 N–H and O–H groups in total. The van der Waals surface area contributed by atoms with Gasteiger partial charge in [-0.2, -0.15) is 0 Å². The molecular formula is C17H14BrIN2. The van der Waals surface area contributed by atoms with E-state index in [0.717, 1.165) is 15.4 Å². The van der Waals surface area contributed by atoms with E-state index in [1.807, 2.05) is 19.3 Å². The third-order valence-electron chi connectivity index (χ3n) is 3.52. The van der Waals surface area contributed by atoms with Crippen LogP contribution in [-0.4, -0.2) is 12.0 Å². The highest BCUT2D eigenvalue weighted by molar-refractivity contribution is 14.1. The summed E-state index contributed by atoms with van der Waals surface area (Å²) < 4.78 is 2.35. The van der Waals surface area contributed by atoms with E-state index >= 15 is 0 Å². The van der Waals surface area contributed by atoms with E-state index in [1.54, 1.807) is 0 Å². The summed E-state index contributed by atoms with van der Waals surface area (Å²) in [5.41, 5.74) is 3.51. The van der Waals surface area contributed by atoms with Gasteiger partial charge in [-0.05, 0) is 77.2 Å². The van der Waals surface area contributed by atoms with Crippen LogP contribution in [0.1, 0.15) is 17.2 Å². The van der Waals surface area contributed by atoms with Crippen molar-refractivity contribution in [3.05, 3.63) is 73.9 Å².